The number of hydrogen-bond acceptors (Lipinski definition) is 2. The monoisotopic (exact) mass is 299 g/mol. The molecule has 4 unspecified atom stereocenters. The summed E-state index contributed by atoms with van der Waals surface area (Å²) in [7, 11) is 0. The van der Waals surface area contributed by atoms with E-state index in [1.807, 2.05) is 18.2 Å². The Kier molecular flexibility index (Phi) is 3.21. The standard InChI is InChI=1S/C18H21NO3/c20-17(15-9-8-11-4-1-2-6-13(11)15)19-10-12-5-3-7-14(12)16(19)18(21)22/h1-2,4,6,12,14-16H,3,5,7-10H2,(H,21,22). The highest BCUT2D eigenvalue weighted by Gasteiger charge is 2.50. The van der Waals surface area contributed by atoms with Crippen LogP contribution in [0.5, 0.6) is 0 Å². The second kappa shape index (κ2) is 5.11. The number of carboxylic acid groups (broad SMARTS) is 1. The highest BCUT2D eigenvalue weighted by atomic mass is 16.4. The fourth-order valence-corrected chi connectivity index (χ4v) is 4.86. The van der Waals surface area contributed by atoms with E-state index in [2.05, 4.69) is 6.07 Å². The van der Waals surface area contributed by atoms with Crippen molar-refractivity contribution in [2.45, 2.75) is 44.1 Å². The van der Waals surface area contributed by atoms with Gasteiger partial charge in [0.15, 0.2) is 0 Å². The van der Waals surface area contributed by atoms with Gasteiger partial charge in [-0.1, -0.05) is 30.7 Å². The largest absolute Gasteiger partial charge is 0.480 e. The maximum Gasteiger partial charge on any atom is 0.326 e. The third-order valence-corrected chi connectivity index (χ3v) is 5.86. The van der Waals surface area contributed by atoms with E-state index in [0.717, 1.165) is 37.7 Å². The minimum atomic E-state index is -0.825. The Morgan fingerprint density at radius 1 is 1.14 bits per heavy atom. The lowest BCUT2D eigenvalue weighted by Crippen LogP contribution is -2.45. The van der Waals surface area contributed by atoms with Gasteiger partial charge in [-0.3, -0.25) is 4.79 Å². The number of carboxylic acids is 1. The van der Waals surface area contributed by atoms with Crippen molar-refractivity contribution >= 4 is 11.9 Å². The van der Waals surface area contributed by atoms with Gasteiger partial charge in [-0.05, 0) is 48.6 Å². The lowest BCUT2D eigenvalue weighted by atomic mass is 9.94. The molecule has 4 heteroatoms. The summed E-state index contributed by atoms with van der Waals surface area (Å²) < 4.78 is 0. The molecule has 1 N–H and O–H groups in total. The van der Waals surface area contributed by atoms with Crippen LogP contribution >= 0.6 is 0 Å². The highest BCUT2D eigenvalue weighted by Crippen LogP contribution is 2.44. The van der Waals surface area contributed by atoms with Crippen LogP contribution < -0.4 is 0 Å². The molecule has 1 amide bonds. The van der Waals surface area contributed by atoms with E-state index >= 15 is 0 Å². The second-order valence-electron chi connectivity index (χ2n) is 6.92. The van der Waals surface area contributed by atoms with Crippen LogP contribution in [0.4, 0.5) is 0 Å². The average molecular weight is 299 g/mol. The first-order chi connectivity index (χ1) is 10.7. The molecule has 0 aromatic heterocycles. The summed E-state index contributed by atoms with van der Waals surface area (Å²) in [6, 6.07) is 7.48. The summed E-state index contributed by atoms with van der Waals surface area (Å²) in [6.07, 6.45) is 4.86. The molecule has 2 aliphatic carbocycles. The number of carbonyl (C=O) groups is 2. The van der Waals surface area contributed by atoms with Crippen molar-refractivity contribution in [3.05, 3.63) is 35.4 Å². The van der Waals surface area contributed by atoms with Gasteiger partial charge in [0.2, 0.25) is 5.91 Å². The van der Waals surface area contributed by atoms with Crippen LogP contribution in [0.25, 0.3) is 0 Å². The molecule has 1 saturated carbocycles. The summed E-state index contributed by atoms with van der Waals surface area (Å²) >= 11 is 0. The van der Waals surface area contributed by atoms with Crippen LogP contribution in [0.15, 0.2) is 24.3 Å². The summed E-state index contributed by atoms with van der Waals surface area (Å²) in [5.41, 5.74) is 2.35. The van der Waals surface area contributed by atoms with Crippen LogP contribution in [0.2, 0.25) is 0 Å². The predicted molar refractivity (Wildman–Crippen MR) is 81.5 cm³/mol. The zero-order valence-electron chi connectivity index (χ0n) is 12.6. The quantitative estimate of drug-likeness (QED) is 0.912. The van der Waals surface area contributed by atoms with Gasteiger partial charge >= 0.3 is 5.97 Å². The number of carbonyl (C=O) groups excluding carboxylic acids is 1. The molecule has 1 heterocycles. The number of nitrogens with zero attached hydrogens (tertiary/aromatic N) is 1. The predicted octanol–water partition coefficient (Wildman–Crippen LogP) is 2.43. The lowest BCUT2D eigenvalue weighted by Gasteiger charge is -2.27. The van der Waals surface area contributed by atoms with Crippen LogP contribution in [0.1, 0.15) is 42.7 Å². The Morgan fingerprint density at radius 2 is 1.95 bits per heavy atom. The molecule has 2 fully saturated rings. The van der Waals surface area contributed by atoms with Crippen molar-refractivity contribution in [2.75, 3.05) is 6.54 Å². The third kappa shape index (κ3) is 1.97. The fraction of sp³-hybridized carbons (Fsp3) is 0.556. The number of hydrogen-bond donors (Lipinski definition) is 1. The van der Waals surface area contributed by atoms with E-state index in [1.54, 1.807) is 4.90 Å². The molecular formula is C18H21NO3. The van der Waals surface area contributed by atoms with Crippen LogP contribution in [-0.2, 0) is 16.0 Å². The summed E-state index contributed by atoms with van der Waals surface area (Å²) in [5, 5.41) is 9.62. The number of rotatable bonds is 2. The Morgan fingerprint density at radius 3 is 2.77 bits per heavy atom. The number of aliphatic carboxylic acids is 1. The summed E-state index contributed by atoms with van der Waals surface area (Å²) in [4.78, 5) is 26.4. The molecule has 1 aromatic rings. The fourth-order valence-electron chi connectivity index (χ4n) is 4.86. The molecule has 3 aliphatic rings. The van der Waals surface area contributed by atoms with Crippen molar-refractivity contribution in [1.82, 2.24) is 4.90 Å². The second-order valence-corrected chi connectivity index (χ2v) is 6.92. The van der Waals surface area contributed by atoms with Crippen molar-refractivity contribution in [1.29, 1.82) is 0 Å². The number of aryl methyl sites for hydroxylation is 1. The molecule has 116 valence electrons. The smallest absolute Gasteiger partial charge is 0.326 e. The van der Waals surface area contributed by atoms with Crippen LogP contribution in [0, 0.1) is 11.8 Å². The molecule has 0 radical (unpaired) electrons. The zero-order chi connectivity index (χ0) is 15.3. The molecule has 0 spiro atoms. The van der Waals surface area contributed by atoms with Gasteiger partial charge in [0.25, 0.3) is 0 Å². The number of fused-ring (bicyclic) bond motifs is 2. The van der Waals surface area contributed by atoms with Crippen molar-refractivity contribution in [3.8, 4) is 0 Å². The topological polar surface area (TPSA) is 57.6 Å². The van der Waals surface area contributed by atoms with Gasteiger partial charge in [0, 0.05) is 6.54 Å². The van der Waals surface area contributed by atoms with Gasteiger partial charge < -0.3 is 10.0 Å². The maximum atomic E-state index is 13.0. The van der Waals surface area contributed by atoms with E-state index in [0.29, 0.717) is 12.5 Å². The molecule has 4 rings (SSSR count). The van der Waals surface area contributed by atoms with Gasteiger partial charge in [0.05, 0.1) is 5.92 Å². The minimum absolute atomic E-state index is 0.0340. The van der Waals surface area contributed by atoms with E-state index in [1.165, 1.54) is 5.56 Å². The third-order valence-electron chi connectivity index (χ3n) is 5.86. The summed E-state index contributed by atoms with van der Waals surface area (Å²) in [5.74, 6) is -0.377. The number of benzene rings is 1. The average Bonchev–Trinajstić information content (AvgIpc) is 3.19. The first kappa shape index (κ1) is 13.8. The van der Waals surface area contributed by atoms with E-state index < -0.39 is 12.0 Å². The van der Waals surface area contributed by atoms with Crippen molar-refractivity contribution in [2.24, 2.45) is 11.8 Å². The highest BCUT2D eigenvalue weighted by molar-refractivity contribution is 5.90. The SMILES string of the molecule is O=C(O)C1C2CCCC2CN1C(=O)C1CCc2ccccc21. The number of amides is 1. The van der Waals surface area contributed by atoms with Crippen molar-refractivity contribution < 1.29 is 14.7 Å². The van der Waals surface area contributed by atoms with Crippen molar-refractivity contribution in [3.63, 3.8) is 0 Å². The molecule has 1 aliphatic heterocycles. The summed E-state index contributed by atoms with van der Waals surface area (Å²) in [6.45, 7) is 0.638. The number of likely N-dealkylation sites (tertiary alicyclic amines) is 1. The zero-order valence-corrected chi connectivity index (χ0v) is 12.6. The Bertz CT molecular complexity index is 627. The molecule has 4 nitrogen and oxygen atoms in total. The van der Waals surface area contributed by atoms with Gasteiger partial charge in [0.1, 0.15) is 6.04 Å². The Balaban J connectivity index is 1.62. The normalized spacial score (nSPS) is 32.8. The Labute approximate surface area is 130 Å². The minimum Gasteiger partial charge on any atom is -0.480 e. The molecule has 0 bridgehead atoms. The molecule has 22 heavy (non-hydrogen) atoms. The molecule has 1 saturated heterocycles. The Hall–Kier alpha value is -1.84. The van der Waals surface area contributed by atoms with E-state index in [4.69, 9.17) is 0 Å². The lowest BCUT2D eigenvalue weighted by molar-refractivity contribution is -0.150. The van der Waals surface area contributed by atoms with Gasteiger partial charge in [-0.2, -0.15) is 0 Å². The van der Waals surface area contributed by atoms with Crippen LogP contribution in [-0.4, -0.2) is 34.5 Å². The maximum absolute atomic E-state index is 13.0. The van der Waals surface area contributed by atoms with Crippen LogP contribution in [0.3, 0.4) is 0 Å². The van der Waals surface area contributed by atoms with Gasteiger partial charge in [-0.15, -0.1) is 0 Å². The van der Waals surface area contributed by atoms with E-state index in [9.17, 15) is 14.7 Å². The van der Waals surface area contributed by atoms with E-state index in [-0.39, 0.29) is 17.7 Å². The first-order valence-electron chi connectivity index (χ1n) is 8.28. The first-order valence-corrected chi connectivity index (χ1v) is 8.28. The molecule has 4 atom stereocenters. The molecule has 1 aromatic carbocycles. The van der Waals surface area contributed by atoms with Gasteiger partial charge in [-0.25, -0.2) is 4.79 Å². The molecular weight excluding hydrogens is 278 g/mol.